The molecule has 2 N–H and O–H groups in total. The van der Waals surface area contributed by atoms with E-state index < -0.39 is 16.0 Å². The second-order valence-corrected chi connectivity index (χ2v) is 7.11. The quantitative estimate of drug-likeness (QED) is 0.764. The number of amides is 1. The van der Waals surface area contributed by atoms with Gasteiger partial charge in [0.05, 0.1) is 29.3 Å². The summed E-state index contributed by atoms with van der Waals surface area (Å²) in [6.07, 6.45) is 1.48. The minimum Gasteiger partial charge on any atom is -0.462 e. The summed E-state index contributed by atoms with van der Waals surface area (Å²) in [5, 5.41) is 5.04. The molecule has 1 aliphatic heterocycles. The topological polar surface area (TPSA) is 120 Å². The second kappa shape index (κ2) is 6.63. The van der Waals surface area contributed by atoms with Gasteiger partial charge in [0, 0.05) is 25.1 Å². The van der Waals surface area contributed by atoms with E-state index in [1.54, 1.807) is 13.8 Å². The van der Waals surface area contributed by atoms with Crippen molar-refractivity contribution in [2.75, 3.05) is 23.8 Å². The SMILES string of the molecule is CCOC(=O)c1cnc(C)c(N2CC(CS(N)(=O)=O)CC2=O)c1. The average molecular weight is 341 g/mol. The number of ether oxygens (including phenoxy) is 1. The molecule has 0 aromatic carbocycles. The Hall–Kier alpha value is -2.00. The molecule has 1 aromatic heterocycles. The number of aromatic nitrogens is 1. The van der Waals surface area contributed by atoms with Crippen molar-refractivity contribution in [3.8, 4) is 0 Å². The Kier molecular flexibility index (Phi) is 5.00. The fraction of sp³-hybridized carbons (Fsp3) is 0.500. The van der Waals surface area contributed by atoms with Gasteiger partial charge in [0.2, 0.25) is 15.9 Å². The van der Waals surface area contributed by atoms with Crippen LogP contribution in [0.4, 0.5) is 5.69 Å². The Labute approximate surface area is 134 Å². The molecule has 8 nitrogen and oxygen atoms in total. The summed E-state index contributed by atoms with van der Waals surface area (Å²) in [5.41, 5.74) is 1.30. The van der Waals surface area contributed by atoms with Gasteiger partial charge in [-0.25, -0.2) is 18.4 Å². The molecule has 1 fully saturated rings. The molecular formula is C14H19N3O5S. The largest absolute Gasteiger partial charge is 0.462 e. The number of aryl methyl sites for hydroxylation is 1. The number of carbonyl (C=O) groups is 2. The third-order valence-corrected chi connectivity index (χ3v) is 4.47. The van der Waals surface area contributed by atoms with Crippen LogP contribution in [0.2, 0.25) is 0 Å². The summed E-state index contributed by atoms with van der Waals surface area (Å²) >= 11 is 0. The summed E-state index contributed by atoms with van der Waals surface area (Å²) < 4.78 is 27.3. The van der Waals surface area contributed by atoms with E-state index in [1.165, 1.54) is 17.2 Å². The van der Waals surface area contributed by atoms with Crippen LogP contribution in [0.15, 0.2) is 12.3 Å². The zero-order valence-electron chi connectivity index (χ0n) is 13.0. The lowest BCUT2D eigenvalue weighted by molar-refractivity contribution is -0.117. The summed E-state index contributed by atoms with van der Waals surface area (Å²) in [6.45, 7) is 3.87. The van der Waals surface area contributed by atoms with Gasteiger partial charge in [-0.3, -0.25) is 9.78 Å². The molecule has 2 heterocycles. The van der Waals surface area contributed by atoms with Crippen molar-refractivity contribution in [2.45, 2.75) is 20.3 Å². The predicted octanol–water partition coefficient (Wildman–Crippen LogP) is 0.208. The van der Waals surface area contributed by atoms with Crippen LogP contribution in [0.5, 0.6) is 0 Å². The van der Waals surface area contributed by atoms with Gasteiger partial charge in [-0.1, -0.05) is 0 Å². The molecule has 1 unspecified atom stereocenters. The van der Waals surface area contributed by atoms with E-state index in [-0.39, 0.29) is 42.7 Å². The number of rotatable bonds is 5. The highest BCUT2D eigenvalue weighted by atomic mass is 32.2. The zero-order valence-corrected chi connectivity index (χ0v) is 13.8. The number of sulfonamides is 1. The molecule has 126 valence electrons. The third-order valence-electron chi connectivity index (χ3n) is 3.54. The summed E-state index contributed by atoms with van der Waals surface area (Å²) in [4.78, 5) is 29.5. The lowest BCUT2D eigenvalue weighted by Crippen LogP contribution is -2.28. The highest BCUT2D eigenvalue weighted by Gasteiger charge is 2.34. The van der Waals surface area contributed by atoms with Crippen LogP contribution in [0.3, 0.4) is 0 Å². The number of anilines is 1. The highest BCUT2D eigenvalue weighted by molar-refractivity contribution is 7.89. The minimum absolute atomic E-state index is 0.0967. The smallest absolute Gasteiger partial charge is 0.339 e. The van der Waals surface area contributed by atoms with E-state index in [1.807, 2.05) is 0 Å². The van der Waals surface area contributed by atoms with Gasteiger partial charge in [-0.15, -0.1) is 0 Å². The van der Waals surface area contributed by atoms with Crippen LogP contribution in [-0.2, 0) is 19.6 Å². The molecule has 0 spiro atoms. The third kappa shape index (κ3) is 4.26. The molecule has 1 aliphatic rings. The van der Waals surface area contributed by atoms with E-state index in [0.29, 0.717) is 11.4 Å². The molecule has 1 atom stereocenters. The molecule has 1 amide bonds. The normalized spacial score (nSPS) is 18.3. The van der Waals surface area contributed by atoms with Crippen LogP contribution in [-0.4, -0.2) is 44.2 Å². The van der Waals surface area contributed by atoms with Crippen LogP contribution in [0.25, 0.3) is 0 Å². The van der Waals surface area contributed by atoms with Crippen molar-refractivity contribution >= 4 is 27.6 Å². The van der Waals surface area contributed by atoms with Gasteiger partial charge in [0.15, 0.2) is 0 Å². The van der Waals surface area contributed by atoms with Crippen LogP contribution in [0.1, 0.15) is 29.4 Å². The molecule has 0 saturated carbocycles. The monoisotopic (exact) mass is 341 g/mol. The van der Waals surface area contributed by atoms with Crippen LogP contribution < -0.4 is 10.0 Å². The first-order chi connectivity index (χ1) is 10.7. The second-order valence-electron chi connectivity index (χ2n) is 5.45. The molecule has 0 radical (unpaired) electrons. The fourth-order valence-corrected chi connectivity index (χ4v) is 3.46. The lowest BCUT2D eigenvalue weighted by Gasteiger charge is -2.19. The van der Waals surface area contributed by atoms with Crippen molar-refractivity contribution in [3.63, 3.8) is 0 Å². The molecule has 23 heavy (non-hydrogen) atoms. The number of esters is 1. The number of hydrogen-bond donors (Lipinski definition) is 1. The van der Waals surface area contributed by atoms with Gasteiger partial charge in [0.25, 0.3) is 0 Å². The Bertz CT molecular complexity index is 732. The molecule has 0 aliphatic carbocycles. The highest BCUT2D eigenvalue weighted by Crippen LogP contribution is 2.28. The van der Waals surface area contributed by atoms with E-state index in [0.717, 1.165) is 0 Å². The molecule has 1 saturated heterocycles. The van der Waals surface area contributed by atoms with Crippen molar-refractivity contribution in [1.29, 1.82) is 0 Å². The van der Waals surface area contributed by atoms with E-state index >= 15 is 0 Å². The molecule has 1 aromatic rings. The van der Waals surface area contributed by atoms with Crippen molar-refractivity contribution in [2.24, 2.45) is 11.1 Å². The minimum atomic E-state index is -3.64. The van der Waals surface area contributed by atoms with Crippen LogP contribution >= 0.6 is 0 Å². The standard InChI is InChI=1S/C14H19N3O5S/c1-3-22-14(19)11-5-12(9(2)16-6-11)17-7-10(4-13(17)18)8-23(15,20)21/h5-6,10H,3-4,7-8H2,1-2H3,(H2,15,20,21). The maximum Gasteiger partial charge on any atom is 0.339 e. The van der Waals surface area contributed by atoms with Crippen LogP contribution in [0, 0.1) is 12.8 Å². The van der Waals surface area contributed by atoms with E-state index in [9.17, 15) is 18.0 Å². The van der Waals surface area contributed by atoms with Gasteiger partial charge in [0.1, 0.15) is 0 Å². The Morgan fingerprint density at radius 1 is 1.52 bits per heavy atom. The number of nitrogens with zero attached hydrogens (tertiary/aromatic N) is 2. The van der Waals surface area contributed by atoms with Crippen molar-refractivity contribution in [1.82, 2.24) is 4.98 Å². The maximum absolute atomic E-state index is 12.2. The Balaban J connectivity index is 2.26. The number of primary sulfonamides is 1. The zero-order chi connectivity index (χ0) is 17.2. The molecule has 2 rings (SSSR count). The number of hydrogen-bond acceptors (Lipinski definition) is 6. The summed E-state index contributed by atoms with van der Waals surface area (Å²) in [6, 6.07) is 1.54. The van der Waals surface area contributed by atoms with Gasteiger partial charge in [-0.2, -0.15) is 0 Å². The number of carbonyl (C=O) groups excluding carboxylic acids is 2. The first kappa shape index (κ1) is 17.4. The number of pyridine rings is 1. The van der Waals surface area contributed by atoms with E-state index in [2.05, 4.69) is 4.98 Å². The van der Waals surface area contributed by atoms with Gasteiger partial charge >= 0.3 is 5.97 Å². The molecule has 9 heteroatoms. The fourth-order valence-electron chi connectivity index (χ4n) is 2.58. The Morgan fingerprint density at radius 2 is 2.22 bits per heavy atom. The summed E-state index contributed by atoms with van der Waals surface area (Å²) in [7, 11) is -3.64. The lowest BCUT2D eigenvalue weighted by atomic mass is 10.1. The average Bonchev–Trinajstić information content (AvgIpc) is 2.77. The summed E-state index contributed by atoms with van der Waals surface area (Å²) in [5.74, 6) is -1.36. The first-order valence-electron chi connectivity index (χ1n) is 7.16. The molecular weight excluding hydrogens is 322 g/mol. The van der Waals surface area contributed by atoms with Gasteiger partial charge < -0.3 is 9.64 Å². The molecule has 0 bridgehead atoms. The van der Waals surface area contributed by atoms with E-state index in [4.69, 9.17) is 9.88 Å². The first-order valence-corrected chi connectivity index (χ1v) is 8.87. The Morgan fingerprint density at radius 3 is 2.83 bits per heavy atom. The predicted molar refractivity (Wildman–Crippen MR) is 83.4 cm³/mol. The maximum atomic E-state index is 12.2. The van der Waals surface area contributed by atoms with Gasteiger partial charge in [-0.05, 0) is 19.9 Å². The van der Waals surface area contributed by atoms with Crippen molar-refractivity contribution < 1.29 is 22.7 Å². The number of nitrogens with two attached hydrogens (primary N) is 1. The van der Waals surface area contributed by atoms with Crippen molar-refractivity contribution in [3.05, 3.63) is 23.5 Å².